The summed E-state index contributed by atoms with van der Waals surface area (Å²) in [7, 11) is 0. The first-order valence-corrected chi connectivity index (χ1v) is 12.8. The van der Waals surface area contributed by atoms with Gasteiger partial charge in [-0.1, -0.05) is 58.0 Å². The lowest BCUT2D eigenvalue weighted by atomic mass is 9.43. The first kappa shape index (κ1) is 24.8. The molecule has 5 nitrogen and oxygen atoms in total. The normalized spacial score (nSPS) is 43.1. The van der Waals surface area contributed by atoms with Crippen molar-refractivity contribution >= 4 is 5.78 Å². The van der Waals surface area contributed by atoms with Crippen LogP contribution in [0.4, 0.5) is 0 Å². The van der Waals surface area contributed by atoms with E-state index in [4.69, 9.17) is 9.47 Å². The second kappa shape index (κ2) is 9.41. The van der Waals surface area contributed by atoms with E-state index in [9.17, 15) is 15.0 Å². The van der Waals surface area contributed by atoms with Gasteiger partial charge in [0, 0.05) is 24.4 Å². The summed E-state index contributed by atoms with van der Waals surface area (Å²) in [5.74, 6) is 0.151. The van der Waals surface area contributed by atoms with E-state index in [1.54, 1.807) is 0 Å². The number of benzene rings is 1. The maximum atomic E-state index is 13.3. The number of carbonyl (C=O) groups is 1. The van der Waals surface area contributed by atoms with Crippen molar-refractivity contribution in [2.45, 2.75) is 85.0 Å². The number of Topliss-reactive ketones (excluding diaryl/α,β-unsaturated/α-hetero) is 1. The number of hydrogen-bond donors (Lipinski definition) is 2. The summed E-state index contributed by atoms with van der Waals surface area (Å²) >= 11 is 0. The number of rotatable bonds is 7. The second-order valence-corrected chi connectivity index (χ2v) is 11.5. The highest BCUT2D eigenvalue weighted by molar-refractivity contribution is 5.85. The summed E-state index contributed by atoms with van der Waals surface area (Å²) < 4.78 is 12.4. The molecule has 3 aliphatic rings. The molecule has 3 aliphatic carbocycles. The highest BCUT2D eigenvalue weighted by atomic mass is 16.7. The van der Waals surface area contributed by atoms with Gasteiger partial charge in [0.05, 0.1) is 18.8 Å². The number of aliphatic hydroxyl groups is 2. The molecule has 0 radical (unpaired) electrons. The Morgan fingerprint density at radius 3 is 2.55 bits per heavy atom. The van der Waals surface area contributed by atoms with Gasteiger partial charge in [-0.25, -0.2) is 0 Å². The van der Waals surface area contributed by atoms with Gasteiger partial charge in [0.15, 0.2) is 0 Å². The first-order valence-electron chi connectivity index (χ1n) is 12.8. The Morgan fingerprint density at radius 1 is 1.15 bits per heavy atom. The van der Waals surface area contributed by atoms with Gasteiger partial charge < -0.3 is 19.7 Å². The van der Waals surface area contributed by atoms with Crippen molar-refractivity contribution in [3.63, 3.8) is 0 Å². The molecule has 2 N–H and O–H groups in total. The molecular formula is C28H42O5. The van der Waals surface area contributed by atoms with Gasteiger partial charge in [0.1, 0.15) is 12.6 Å². The summed E-state index contributed by atoms with van der Waals surface area (Å²) in [6.45, 7) is 9.44. The maximum absolute atomic E-state index is 13.3. The second-order valence-electron chi connectivity index (χ2n) is 11.5. The lowest BCUT2D eigenvalue weighted by Crippen LogP contribution is -2.63. The Kier molecular flexibility index (Phi) is 7.08. The third-order valence-corrected chi connectivity index (χ3v) is 10.1. The van der Waals surface area contributed by atoms with Crippen LogP contribution in [0.25, 0.3) is 0 Å². The van der Waals surface area contributed by atoms with E-state index in [0.29, 0.717) is 19.4 Å². The van der Waals surface area contributed by atoms with Gasteiger partial charge >= 0.3 is 0 Å². The van der Waals surface area contributed by atoms with Crippen molar-refractivity contribution in [2.75, 3.05) is 13.4 Å². The fourth-order valence-corrected chi connectivity index (χ4v) is 7.89. The highest BCUT2D eigenvalue weighted by Crippen LogP contribution is 2.68. The van der Waals surface area contributed by atoms with Gasteiger partial charge in [-0.2, -0.15) is 0 Å². The molecule has 3 fully saturated rings. The molecule has 0 spiro atoms. The molecule has 5 heteroatoms. The number of hydrogen-bond acceptors (Lipinski definition) is 5. The number of ether oxygens (including phenoxy) is 2. The summed E-state index contributed by atoms with van der Waals surface area (Å²) in [5.41, 5.74) is 0.0648. The van der Waals surface area contributed by atoms with Crippen LogP contribution in [-0.2, 0) is 20.9 Å². The molecule has 0 saturated heterocycles. The van der Waals surface area contributed by atoms with Gasteiger partial charge in [0.2, 0.25) is 0 Å². The predicted molar refractivity (Wildman–Crippen MR) is 127 cm³/mol. The summed E-state index contributed by atoms with van der Waals surface area (Å²) in [5, 5.41) is 21.9. The Labute approximate surface area is 198 Å². The van der Waals surface area contributed by atoms with Crippen LogP contribution < -0.4 is 0 Å². The van der Waals surface area contributed by atoms with E-state index in [-0.39, 0.29) is 53.9 Å². The van der Waals surface area contributed by atoms with E-state index in [0.717, 1.165) is 31.2 Å². The zero-order valence-electron chi connectivity index (χ0n) is 20.8. The number of carbonyl (C=O) groups excluding carboxylic acids is 1. The van der Waals surface area contributed by atoms with Crippen LogP contribution in [-0.4, -0.2) is 41.6 Å². The fourth-order valence-electron chi connectivity index (χ4n) is 7.89. The third-order valence-electron chi connectivity index (χ3n) is 10.1. The molecule has 8 atom stereocenters. The Hall–Kier alpha value is -1.27. The Balaban J connectivity index is 1.63. The van der Waals surface area contributed by atoms with Crippen LogP contribution in [0.2, 0.25) is 0 Å². The minimum absolute atomic E-state index is 0.0257. The van der Waals surface area contributed by atoms with Gasteiger partial charge in [0.25, 0.3) is 0 Å². The minimum atomic E-state index is -0.657. The van der Waals surface area contributed by atoms with Crippen LogP contribution in [0.15, 0.2) is 30.3 Å². The lowest BCUT2D eigenvalue weighted by molar-refractivity contribution is -0.231. The summed E-state index contributed by atoms with van der Waals surface area (Å²) in [6, 6.07) is 10.1. The van der Waals surface area contributed by atoms with Crippen molar-refractivity contribution in [3.05, 3.63) is 35.9 Å². The standard InChI is InChI=1S/C28H42O5/c1-5-26(3)15-23(31)27(4)21(16-29)11-13-28(14-12-22(30)24(27)28)19(2)25(26)33-18-32-17-20-9-7-6-8-10-20/h6-10,19,21,23-25,29,31H,5,11-18H2,1-4H3/t19-,21-,23+,24?,25?,26+,27-,28-/m0/s1. The fraction of sp³-hybridized carbons (Fsp3) is 0.750. The van der Waals surface area contributed by atoms with E-state index < -0.39 is 11.5 Å². The van der Waals surface area contributed by atoms with Gasteiger partial charge in [-0.15, -0.1) is 0 Å². The smallest absolute Gasteiger partial charge is 0.147 e. The number of ketones is 1. The van der Waals surface area contributed by atoms with Crippen molar-refractivity contribution in [1.82, 2.24) is 0 Å². The Bertz CT molecular complexity index is 827. The Morgan fingerprint density at radius 2 is 1.88 bits per heavy atom. The molecule has 4 rings (SSSR count). The molecule has 2 bridgehead atoms. The van der Waals surface area contributed by atoms with Crippen molar-refractivity contribution in [2.24, 2.45) is 34.0 Å². The van der Waals surface area contributed by atoms with Crippen LogP contribution >= 0.6 is 0 Å². The monoisotopic (exact) mass is 458 g/mol. The molecule has 0 aromatic heterocycles. The molecular weight excluding hydrogens is 416 g/mol. The third kappa shape index (κ3) is 3.99. The molecule has 3 saturated carbocycles. The molecule has 1 aromatic carbocycles. The average molecular weight is 459 g/mol. The van der Waals surface area contributed by atoms with Gasteiger partial charge in [-0.3, -0.25) is 4.79 Å². The summed E-state index contributed by atoms with van der Waals surface area (Å²) in [4.78, 5) is 13.3. The van der Waals surface area contributed by atoms with Crippen LogP contribution in [0.5, 0.6) is 0 Å². The van der Waals surface area contributed by atoms with Crippen molar-refractivity contribution in [3.8, 4) is 0 Å². The lowest BCUT2D eigenvalue weighted by Gasteiger charge is -2.62. The van der Waals surface area contributed by atoms with E-state index >= 15 is 0 Å². The quantitative estimate of drug-likeness (QED) is 0.456. The SMILES string of the molecule is CC[C@]1(C)C[C@@H](O)[C@@]2(C)C3C(=O)CC[C@@]3(CC[C@H]2CO)[C@@H](C)C1OCOCc1ccccc1. The first-order chi connectivity index (χ1) is 15.7. The van der Waals surface area contributed by atoms with Gasteiger partial charge in [-0.05, 0) is 60.3 Å². The average Bonchev–Trinajstić information content (AvgIpc) is 3.17. The molecule has 1 aromatic rings. The zero-order valence-corrected chi connectivity index (χ0v) is 20.8. The topological polar surface area (TPSA) is 76.0 Å². The molecule has 33 heavy (non-hydrogen) atoms. The molecule has 2 unspecified atom stereocenters. The van der Waals surface area contributed by atoms with E-state index in [2.05, 4.69) is 27.7 Å². The van der Waals surface area contributed by atoms with Crippen molar-refractivity contribution in [1.29, 1.82) is 0 Å². The highest BCUT2D eigenvalue weighted by Gasteiger charge is 2.68. The molecule has 0 amide bonds. The molecule has 184 valence electrons. The summed E-state index contributed by atoms with van der Waals surface area (Å²) in [6.07, 6.45) is 3.82. The molecule has 0 aliphatic heterocycles. The maximum Gasteiger partial charge on any atom is 0.147 e. The van der Waals surface area contributed by atoms with Crippen LogP contribution in [0, 0.1) is 34.0 Å². The van der Waals surface area contributed by atoms with E-state index in [1.165, 1.54) is 0 Å². The van der Waals surface area contributed by atoms with E-state index in [1.807, 2.05) is 30.3 Å². The molecule has 0 heterocycles. The predicted octanol–water partition coefficient (Wildman–Crippen LogP) is 4.74. The van der Waals surface area contributed by atoms with Crippen LogP contribution in [0.3, 0.4) is 0 Å². The largest absolute Gasteiger partial charge is 0.396 e. The van der Waals surface area contributed by atoms with Crippen molar-refractivity contribution < 1.29 is 24.5 Å². The number of aliphatic hydroxyl groups excluding tert-OH is 2. The van der Waals surface area contributed by atoms with Crippen LogP contribution in [0.1, 0.15) is 71.8 Å². The zero-order chi connectivity index (χ0) is 23.9. The minimum Gasteiger partial charge on any atom is -0.396 e.